The van der Waals surface area contributed by atoms with Crippen LogP contribution in [0.3, 0.4) is 0 Å². The summed E-state index contributed by atoms with van der Waals surface area (Å²) in [5.74, 6) is 0.0551. The topological polar surface area (TPSA) is 12.0 Å². The van der Waals surface area contributed by atoms with Crippen LogP contribution in [0.15, 0.2) is 0 Å². The standard InChI is InChI=1S/C13H26F3N/c1-6-7-17-12(8-10(2)3,9-11(4)5)13(14,15)16/h10-11,17H,6-9H2,1-5H3. The largest absolute Gasteiger partial charge is 0.406 e. The molecule has 0 aromatic rings. The quantitative estimate of drug-likeness (QED) is 0.710. The van der Waals surface area contributed by atoms with Crippen LogP contribution in [0, 0.1) is 11.8 Å². The second kappa shape index (κ2) is 6.62. The van der Waals surface area contributed by atoms with Crippen LogP contribution in [0.4, 0.5) is 13.2 Å². The Balaban J connectivity index is 5.05. The Morgan fingerprint density at radius 3 is 1.59 bits per heavy atom. The number of halogens is 3. The van der Waals surface area contributed by atoms with Gasteiger partial charge in [-0.05, 0) is 37.6 Å². The first-order valence-corrected chi connectivity index (χ1v) is 6.46. The van der Waals surface area contributed by atoms with E-state index in [1.165, 1.54) is 0 Å². The van der Waals surface area contributed by atoms with Gasteiger partial charge in [0.25, 0.3) is 0 Å². The molecule has 0 aliphatic heterocycles. The lowest BCUT2D eigenvalue weighted by Crippen LogP contribution is -2.58. The minimum atomic E-state index is -4.18. The van der Waals surface area contributed by atoms with E-state index < -0.39 is 11.7 Å². The molecule has 1 nitrogen and oxygen atoms in total. The Morgan fingerprint density at radius 1 is 0.941 bits per heavy atom. The first-order chi connectivity index (χ1) is 7.64. The minimum absolute atomic E-state index is 0.0275. The Labute approximate surface area is 103 Å². The number of nitrogens with one attached hydrogen (secondary N) is 1. The average Bonchev–Trinajstić information content (AvgIpc) is 2.10. The van der Waals surface area contributed by atoms with Crippen LogP contribution in [-0.4, -0.2) is 18.3 Å². The summed E-state index contributed by atoms with van der Waals surface area (Å²) in [6.07, 6.45) is -3.17. The van der Waals surface area contributed by atoms with Gasteiger partial charge in [0.2, 0.25) is 0 Å². The van der Waals surface area contributed by atoms with E-state index in [-0.39, 0.29) is 24.7 Å². The fourth-order valence-electron chi connectivity index (χ4n) is 2.32. The number of alkyl halides is 3. The summed E-state index contributed by atoms with van der Waals surface area (Å²) < 4.78 is 40.1. The van der Waals surface area contributed by atoms with Crippen LogP contribution in [0.1, 0.15) is 53.9 Å². The van der Waals surface area contributed by atoms with Crippen LogP contribution >= 0.6 is 0 Å². The maximum absolute atomic E-state index is 13.4. The molecule has 0 aliphatic carbocycles. The normalized spacial score (nSPS) is 13.8. The van der Waals surface area contributed by atoms with Gasteiger partial charge >= 0.3 is 6.18 Å². The van der Waals surface area contributed by atoms with E-state index in [1.807, 2.05) is 34.6 Å². The smallest absolute Gasteiger partial charge is 0.304 e. The predicted molar refractivity (Wildman–Crippen MR) is 66.0 cm³/mol. The third-order valence-corrected chi connectivity index (χ3v) is 2.77. The second-order valence-electron chi connectivity index (χ2n) is 5.70. The molecule has 0 heterocycles. The lowest BCUT2D eigenvalue weighted by molar-refractivity contribution is -0.206. The van der Waals surface area contributed by atoms with Crippen molar-refractivity contribution >= 4 is 0 Å². The van der Waals surface area contributed by atoms with E-state index in [0.717, 1.165) is 0 Å². The van der Waals surface area contributed by atoms with Gasteiger partial charge in [0.05, 0.1) is 0 Å². The zero-order valence-corrected chi connectivity index (χ0v) is 11.6. The first-order valence-electron chi connectivity index (χ1n) is 6.46. The van der Waals surface area contributed by atoms with E-state index in [4.69, 9.17) is 0 Å². The van der Waals surface area contributed by atoms with Gasteiger partial charge in [-0.15, -0.1) is 0 Å². The van der Waals surface area contributed by atoms with Crippen LogP contribution in [-0.2, 0) is 0 Å². The summed E-state index contributed by atoms with van der Waals surface area (Å²) >= 11 is 0. The Hall–Kier alpha value is -0.250. The molecule has 0 unspecified atom stereocenters. The second-order valence-corrected chi connectivity index (χ2v) is 5.70. The molecule has 0 bridgehead atoms. The Bertz CT molecular complexity index is 199. The molecule has 1 N–H and O–H groups in total. The molecular formula is C13H26F3N. The molecule has 0 atom stereocenters. The molecule has 0 rings (SSSR count). The zero-order valence-electron chi connectivity index (χ0n) is 11.6. The number of hydrogen-bond acceptors (Lipinski definition) is 1. The van der Waals surface area contributed by atoms with Crippen molar-refractivity contribution in [1.82, 2.24) is 5.32 Å². The van der Waals surface area contributed by atoms with Gasteiger partial charge in [-0.3, -0.25) is 0 Å². The molecular weight excluding hydrogens is 227 g/mol. The van der Waals surface area contributed by atoms with Gasteiger partial charge in [-0.1, -0.05) is 34.6 Å². The van der Waals surface area contributed by atoms with Crippen LogP contribution < -0.4 is 5.32 Å². The van der Waals surface area contributed by atoms with Crippen molar-refractivity contribution in [2.75, 3.05) is 6.54 Å². The molecule has 0 radical (unpaired) electrons. The maximum Gasteiger partial charge on any atom is 0.406 e. The Kier molecular flexibility index (Phi) is 6.52. The van der Waals surface area contributed by atoms with Gasteiger partial charge in [0.15, 0.2) is 0 Å². The molecule has 17 heavy (non-hydrogen) atoms. The Morgan fingerprint density at radius 2 is 1.35 bits per heavy atom. The summed E-state index contributed by atoms with van der Waals surface area (Å²) in [7, 11) is 0. The fourth-order valence-corrected chi connectivity index (χ4v) is 2.32. The van der Waals surface area contributed by atoms with Gasteiger partial charge in [0, 0.05) is 0 Å². The predicted octanol–water partition coefficient (Wildman–Crippen LogP) is 4.38. The molecule has 0 aliphatic rings. The molecule has 104 valence electrons. The molecule has 0 saturated heterocycles. The summed E-state index contributed by atoms with van der Waals surface area (Å²) in [4.78, 5) is 0. The highest BCUT2D eigenvalue weighted by Crippen LogP contribution is 2.40. The molecule has 0 saturated carbocycles. The van der Waals surface area contributed by atoms with Gasteiger partial charge in [-0.25, -0.2) is 0 Å². The monoisotopic (exact) mass is 253 g/mol. The zero-order chi connectivity index (χ0) is 13.7. The summed E-state index contributed by atoms with van der Waals surface area (Å²) in [6.45, 7) is 9.67. The first kappa shape index (κ1) is 16.8. The van der Waals surface area contributed by atoms with E-state index in [9.17, 15) is 13.2 Å². The third kappa shape index (κ3) is 5.28. The van der Waals surface area contributed by atoms with Crippen molar-refractivity contribution in [1.29, 1.82) is 0 Å². The molecule has 0 fully saturated rings. The maximum atomic E-state index is 13.4. The summed E-state index contributed by atoms with van der Waals surface area (Å²) in [5, 5.41) is 2.76. The van der Waals surface area contributed by atoms with Gasteiger partial charge in [0.1, 0.15) is 5.54 Å². The highest BCUT2D eigenvalue weighted by atomic mass is 19.4. The minimum Gasteiger partial charge on any atom is -0.304 e. The van der Waals surface area contributed by atoms with E-state index in [2.05, 4.69) is 5.32 Å². The number of hydrogen-bond donors (Lipinski definition) is 1. The average molecular weight is 253 g/mol. The van der Waals surface area contributed by atoms with Crippen molar-refractivity contribution in [3.63, 3.8) is 0 Å². The summed E-state index contributed by atoms with van der Waals surface area (Å²) in [5.41, 5.74) is -1.72. The van der Waals surface area contributed by atoms with Gasteiger partial charge in [-0.2, -0.15) is 13.2 Å². The fraction of sp³-hybridized carbons (Fsp3) is 1.00. The van der Waals surface area contributed by atoms with Gasteiger partial charge < -0.3 is 5.32 Å². The SMILES string of the molecule is CCCNC(CC(C)C)(CC(C)C)C(F)(F)F. The molecule has 0 spiro atoms. The molecule has 0 amide bonds. The lowest BCUT2D eigenvalue weighted by atomic mass is 9.81. The summed E-state index contributed by atoms with van der Waals surface area (Å²) in [6, 6.07) is 0. The van der Waals surface area contributed by atoms with E-state index in [1.54, 1.807) is 0 Å². The molecule has 0 aromatic carbocycles. The third-order valence-electron chi connectivity index (χ3n) is 2.77. The highest BCUT2D eigenvalue weighted by Gasteiger charge is 2.54. The lowest BCUT2D eigenvalue weighted by Gasteiger charge is -2.39. The van der Waals surface area contributed by atoms with Crippen molar-refractivity contribution in [3.8, 4) is 0 Å². The van der Waals surface area contributed by atoms with Crippen LogP contribution in [0.5, 0.6) is 0 Å². The van der Waals surface area contributed by atoms with Crippen LogP contribution in [0.25, 0.3) is 0 Å². The molecule has 0 aromatic heterocycles. The highest BCUT2D eigenvalue weighted by molar-refractivity contribution is 4.96. The van der Waals surface area contributed by atoms with Crippen molar-refractivity contribution in [3.05, 3.63) is 0 Å². The van der Waals surface area contributed by atoms with Crippen molar-refractivity contribution in [2.24, 2.45) is 11.8 Å². The van der Waals surface area contributed by atoms with Crippen LogP contribution in [0.2, 0.25) is 0 Å². The van der Waals surface area contributed by atoms with Crippen molar-refractivity contribution < 1.29 is 13.2 Å². The van der Waals surface area contributed by atoms with Crippen molar-refractivity contribution in [2.45, 2.75) is 65.6 Å². The molecule has 4 heteroatoms. The number of rotatable bonds is 7. The van der Waals surface area contributed by atoms with E-state index >= 15 is 0 Å². The van der Waals surface area contributed by atoms with E-state index in [0.29, 0.717) is 13.0 Å².